The monoisotopic (exact) mass is 587 g/mol. The fourth-order valence-electron chi connectivity index (χ4n) is 5.57. The quantitative estimate of drug-likeness (QED) is 0.162. The Morgan fingerprint density at radius 2 is 1.66 bits per heavy atom. The van der Waals surface area contributed by atoms with Crippen molar-refractivity contribution >= 4 is 11.8 Å². The smallest absolute Gasteiger partial charge is 0.309 e. The Labute approximate surface area is 256 Å². The largest absolute Gasteiger partial charge is 0.492 e. The summed E-state index contributed by atoms with van der Waals surface area (Å²) in [6, 6.07) is 28.7. The van der Waals surface area contributed by atoms with Gasteiger partial charge in [0, 0.05) is 35.3 Å². The zero-order valence-electron chi connectivity index (χ0n) is 24.2. The molecular weight excluding hydrogens is 554 g/mol. The van der Waals surface area contributed by atoms with Crippen molar-refractivity contribution in [1.82, 2.24) is 14.5 Å². The first-order valence-corrected chi connectivity index (χ1v) is 14.8. The van der Waals surface area contributed by atoms with Crippen molar-refractivity contribution in [3.63, 3.8) is 0 Å². The van der Waals surface area contributed by atoms with E-state index in [4.69, 9.17) is 9.47 Å². The summed E-state index contributed by atoms with van der Waals surface area (Å²) in [6.45, 7) is 1.16. The average molecular weight is 588 g/mol. The minimum Gasteiger partial charge on any atom is -0.492 e. The van der Waals surface area contributed by atoms with Crippen LogP contribution in [0.5, 0.6) is 5.75 Å². The first kappa shape index (κ1) is 29.0. The molecule has 1 aliphatic carbocycles. The van der Waals surface area contributed by atoms with Gasteiger partial charge in [-0.3, -0.25) is 19.6 Å². The van der Waals surface area contributed by atoms with Crippen LogP contribution in [0.2, 0.25) is 0 Å². The van der Waals surface area contributed by atoms with E-state index in [1.165, 1.54) is 0 Å². The van der Waals surface area contributed by atoms with Gasteiger partial charge in [0.2, 0.25) is 5.78 Å². The molecule has 2 unspecified atom stereocenters. The second-order valence-electron chi connectivity index (χ2n) is 10.9. The fraction of sp³-hybridized carbons (Fsp3) is 0.222. The highest BCUT2D eigenvalue weighted by Gasteiger charge is 2.33. The first-order chi connectivity index (χ1) is 21.5. The molecule has 0 spiro atoms. The minimum atomic E-state index is -0.784. The van der Waals surface area contributed by atoms with Gasteiger partial charge in [-0.15, -0.1) is 0 Å². The summed E-state index contributed by atoms with van der Waals surface area (Å²) in [6.07, 6.45) is 7.37. The number of carbonyl (C=O) groups excluding carboxylic acids is 1. The van der Waals surface area contributed by atoms with Crippen molar-refractivity contribution in [1.29, 1.82) is 0 Å². The Balaban J connectivity index is 1.12. The van der Waals surface area contributed by atoms with Crippen LogP contribution in [0, 0.1) is 5.92 Å². The van der Waals surface area contributed by atoms with Gasteiger partial charge < -0.3 is 19.1 Å². The van der Waals surface area contributed by atoms with E-state index in [9.17, 15) is 14.7 Å². The number of nitrogens with zero attached hydrogens (tertiary/aromatic N) is 3. The molecule has 0 bridgehead atoms. The van der Waals surface area contributed by atoms with Crippen molar-refractivity contribution in [2.24, 2.45) is 5.92 Å². The lowest BCUT2D eigenvalue weighted by molar-refractivity contribution is -0.146. The number of carbonyl (C=O) groups is 2. The van der Waals surface area contributed by atoms with Crippen molar-refractivity contribution < 1.29 is 24.2 Å². The lowest BCUT2D eigenvalue weighted by Gasteiger charge is -2.17. The van der Waals surface area contributed by atoms with Crippen molar-refractivity contribution in [3.8, 4) is 28.3 Å². The van der Waals surface area contributed by atoms with Crippen LogP contribution in [0.1, 0.15) is 40.9 Å². The summed E-state index contributed by atoms with van der Waals surface area (Å²) in [5, 5.41) is 9.37. The van der Waals surface area contributed by atoms with Crippen LogP contribution in [-0.4, -0.2) is 44.1 Å². The number of carboxylic acid groups (broad SMARTS) is 1. The Bertz CT molecular complexity index is 1700. The average Bonchev–Trinajstić information content (AvgIpc) is 3.73. The molecule has 3 heterocycles. The third-order valence-corrected chi connectivity index (χ3v) is 7.94. The van der Waals surface area contributed by atoms with Crippen LogP contribution >= 0.6 is 0 Å². The standard InChI is InChI=1S/C36H33N3O5/c40-35(27-14-17-32(38-22-27)26-7-2-1-3-8-26)33-21-28(31-10-4-5-18-37-31)23-39(33)19-20-43-29-15-12-25(13-16-29)24-44-34-11-6-9-30(34)36(41)42/h1-5,7-8,10,12-18,21-23,30,34H,6,9,11,19-20,24H2,(H,41,42). The maximum atomic E-state index is 13.7. The van der Waals surface area contributed by atoms with E-state index in [2.05, 4.69) is 9.97 Å². The van der Waals surface area contributed by atoms with Crippen LogP contribution in [0.25, 0.3) is 22.5 Å². The molecule has 0 aliphatic heterocycles. The molecule has 0 saturated heterocycles. The van der Waals surface area contributed by atoms with Gasteiger partial charge in [0.1, 0.15) is 12.4 Å². The van der Waals surface area contributed by atoms with Crippen molar-refractivity contribution in [3.05, 3.63) is 126 Å². The predicted octanol–water partition coefficient (Wildman–Crippen LogP) is 6.69. The van der Waals surface area contributed by atoms with Gasteiger partial charge in [-0.05, 0) is 67.3 Å². The van der Waals surface area contributed by atoms with E-state index in [1.54, 1.807) is 12.4 Å². The number of ether oxygens (including phenoxy) is 2. The van der Waals surface area contributed by atoms with Gasteiger partial charge in [-0.2, -0.15) is 0 Å². The van der Waals surface area contributed by atoms with E-state index in [1.807, 2.05) is 102 Å². The molecule has 0 radical (unpaired) electrons. The topological polar surface area (TPSA) is 104 Å². The number of pyridine rings is 2. The Hall–Kier alpha value is -5.08. The molecule has 1 N–H and O–H groups in total. The van der Waals surface area contributed by atoms with E-state index >= 15 is 0 Å². The first-order valence-electron chi connectivity index (χ1n) is 14.8. The SMILES string of the molecule is O=C(c1ccc(-c2ccccc2)nc1)c1cc(-c2ccccn2)cn1CCOc1ccc(COC2CCCC2C(=O)O)cc1. The van der Waals surface area contributed by atoms with Gasteiger partial charge in [-0.25, -0.2) is 0 Å². The highest BCUT2D eigenvalue weighted by molar-refractivity contribution is 6.08. The van der Waals surface area contributed by atoms with Crippen LogP contribution in [0.15, 0.2) is 110 Å². The normalized spacial score (nSPS) is 16.1. The third kappa shape index (κ3) is 6.76. The molecule has 1 fully saturated rings. The summed E-state index contributed by atoms with van der Waals surface area (Å²) in [4.78, 5) is 34.1. The number of benzene rings is 2. The van der Waals surface area contributed by atoms with E-state index < -0.39 is 11.9 Å². The number of aromatic nitrogens is 3. The highest BCUT2D eigenvalue weighted by Crippen LogP contribution is 2.29. The number of hydrogen-bond donors (Lipinski definition) is 1. The molecule has 0 amide bonds. The van der Waals surface area contributed by atoms with Crippen molar-refractivity contribution in [2.75, 3.05) is 6.61 Å². The maximum absolute atomic E-state index is 13.7. The molecule has 3 aromatic heterocycles. The summed E-state index contributed by atoms with van der Waals surface area (Å²) in [5.41, 5.74) is 5.42. The summed E-state index contributed by atoms with van der Waals surface area (Å²) in [5.74, 6) is -0.639. The molecule has 2 aromatic carbocycles. The molecule has 8 nitrogen and oxygen atoms in total. The molecular formula is C36H33N3O5. The summed E-state index contributed by atoms with van der Waals surface area (Å²) < 4.78 is 13.9. The number of rotatable bonds is 12. The molecule has 44 heavy (non-hydrogen) atoms. The second-order valence-corrected chi connectivity index (χ2v) is 10.9. The van der Waals surface area contributed by atoms with Crippen LogP contribution in [0.4, 0.5) is 0 Å². The van der Waals surface area contributed by atoms with Crippen LogP contribution in [0.3, 0.4) is 0 Å². The molecule has 6 rings (SSSR count). The van der Waals surface area contributed by atoms with Gasteiger partial charge in [0.15, 0.2) is 0 Å². The van der Waals surface area contributed by atoms with E-state index in [-0.39, 0.29) is 11.9 Å². The zero-order chi connectivity index (χ0) is 30.3. The molecule has 5 aromatic rings. The fourth-order valence-corrected chi connectivity index (χ4v) is 5.57. The molecule has 222 valence electrons. The maximum Gasteiger partial charge on any atom is 0.309 e. The molecule has 1 saturated carbocycles. The Morgan fingerprint density at radius 1 is 0.864 bits per heavy atom. The van der Waals surface area contributed by atoms with Gasteiger partial charge in [0.05, 0.1) is 42.3 Å². The van der Waals surface area contributed by atoms with E-state index in [0.717, 1.165) is 40.9 Å². The van der Waals surface area contributed by atoms with Crippen LogP contribution < -0.4 is 4.74 Å². The predicted molar refractivity (Wildman–Crippen MR) is 166 cm³/mol. The van der Waals surface area contributed by atoms with Gasteiger partial charge in [0.25, 0.3) is 0 Å². The summed E-state index contributed by atoms with van der Waals surface area (Å²) >= 11 is 0. The molecule has 1 aliphatic rings. The number of carboxylic acids is 1. The zero-order valence-corrected chi connectivity index (χ0v) is 24.2. The number of hydrogen-bond acceptors (Lipinski definition) is 6. The molecule has 2 atom stereocenters. The van der Waals surface area contributed by atoms with Crippen molar-refractivity contribution in [2.45, 2.75) is 38.5 Å². The molecule has 8 heteroatoms. The third-order valence-electron chi connectivity index (χ3n) is 7.94. The second kappa shape index (κ2) is 13.5. The minimum absolute atomic E-state index is 0.129. The van der Waals surface area contributed by atoms with E-state index in [0.29, 0.717) is 43.2 Å². The van der Waals surface area contributed by atoms with Gasteiger partial charge >= 0.3 is 5.97 Å². The number of ketones is 1. The number of aliphatic carboxylic acids is 1. The lowest BCUT2D eigenvalue weighted by atomic mass is 10.1. The summed E-state index contributed by atoms with van der Waals surface area (Å²) in [7, 11) is 0. The van der Waals surface area contributed by atoms with Gasteiger partial charge in [-0.1, -0.05) is 48.5 Å². The highest BCUT2D eigenvalue weighted by atomic mass is 16.5. The lowest BCUT2D eigenvalue weighted by Crippen LogP contribution is -2.25. The Morgan fingerprint density at radius 3 is 2.39 bits per heavy atom. The van der Waals surface area contributed by atoms with Crippen LogP contribution in [-0.2, 0) is 22.7 Å². The Kier molecular flexibility index (Phi) is 8.89.